The Hall–Kier alpha value is -1.02. The van der Waals surface area contributed by atoms with E-state index >= 15 is 0 Å². The zero-order chi connectivity index (χ0) is 13.8. The van der Waals surface area contributed by atoms with E-state index < -0.39 is 0 Å². The summed E-state index contributed by atoms with van der Waals surface area (Å²) >= 11 is 0. The van der Waals surface area contributed by atoms with Gasteiger partial charge in [-0.15, -0.1) is 0 Å². The quantitative estimate of drug-likeness (QED) is 0.856. The first-order valence-electron chi connectivity index (χ1n) is 7.52. The lowest BCUT2D eigenvalue weighted by Gasteiger charge is -2.26. The summed E-state index contributed by atoms with van der Waals surface area (Å²) in [5.41, 5.74) is 2.56. The molecule has 2 heteroatoms. The van der Waals surface area contributed by atoms with E-state index in [4.69, 9.17) is 4.74 Å². The van der Waals surface area contributed by atoms with Crippen LogP contribution < -0.4 is 10.1 Å². The lowest BCUT2D eigenvalue weighted by atomic mass is 9.97. The fraction of sp³-hybridized carbons (Fsp3) is 0.647. The van der Waals surface area contributed by atoms with Crippen molar-refractivity contribution in [1.29, 1.82) is 0 Å². The van der Waals surface area contributed by atoms with E-state index in [2.05, 4.69) is 44.3 Å². The van der Waals surface area contributed by atoms with E-state index in [0.29, 0.717) is 12.1 Å². The van der Waals surface area contributed by atoms with Crippen LogP contribution in [0.3, 0.4) is 0 Å². The molecule has 0 aromatic heterocycles. The van der Waals surface area contributed by atoms with Gasteiger partial charge in [0, 0.05) is 17.6 Å². The highest BCUT2D eigenvalue weighted by molar-refractivity contribution is 5.38. The first-order chi connectivity index (χ1) is 9.11. The number of hydrogen-bond donors (Lipinski definition) is 1. The molecule has 0 bridgehead atoms. The molecule has 2 rings (SSSR count). The van der Waals surface area contributed by atoms with E-state index in [0.717, 1.165) is 11.7 Å². The van der Waals surface area contributed by atoms with Crippen LogP contribution in [0.2, 0.25) is 0 Å². The molecule has 0 radical (unpaired) electrons. The molecule has 2 atom stereocenters. The second-order valence-electron chi connectivity index (χ2n) is 5.97. The van der Waals surface area contributed by atoms with Crippen molar-refractivity contribution >= 4 is 0 Å². The topological polar surface area (TPSA) is 21.3 Å². The van der Waals surface area contributed by atoms with Gasteiger partial charge >= 0.3 is 0 Å². The molecule has 1 aliphatic rings. The van der Waals surface area contributed by atoms with Gasteiger partial charge in [-0.05, 0) is 45.6 Å². The highest BCUT2D eigenvalue weighted by Crippen LogP contribution is 2.31. The molecule has 2 unspecified atom stereocenters. The molecule has 0 heterocycles. The molecule has 106 valence electrons. The summed E-state index contributed by atoms with van der Waals surface area (Å²) in [7, 11) is 1.75. The van der Waals surface area contributed by atoms with Crippen LogP contribution in [-0.2, 0) is 0 Å². The summed E-state index contributed by atoms with van der Waals surface area (Å²) in [4.78, 5) is 0. The van der Waals surface area contributed by atoms with Crippen LogP contribution >= 0.6 is 0 Å². The summed E-state index contributed by atoms with van der Waals surface area (Å²) in [5.74, 6) is 1.84. The lowest BCUT2D eigenvalue weighted by Crippen LogP contribution is -2.34. The molecule has 1 saturated carbocycles. The van der Waals surface area contributed by atoms with Crippen LogP contribution in [0.15, 0.2) is 18.2 Å². The van der Waals surface area contributed by atoms with Crippen LogP contribution in [-0.4, -0.2) is 13.2 Å². The highest BCUT2D eigenvalue weighted by atomic mass is 16.5. The minimum atomic E-state index is 0.338. The third-order valence-corrected chi connectivity index (χ3v) is 4.47. The lowest BCUT2D eigenvalue weighted by molar-refractivity contribution is 0.343. The van der Waals surface area contributed by atoms with Gasteiger partial charge in [-0.3, -0.25) is 0 Å². The van der Waals surface area contributed by atoms with Gasteiger partial charge in [-0.25, -0.2) is 0 Å². The van der Waals surface area contributed by atoms with Crippen LogP contribution in [0, 0.1) is 12.8 Å². The second kappa shape index (κ2) is 6.42. The SMILES string of the molecule is COc1ccc(C)cc1C(C)NC(C)C1CCCC1. The summed E-state index contributed by atoms with van der Waals surface area (Å²) in [6.45, 7) is 6.70. The third kappa shape index (κ3) is 3.50. The van der Waals surface area contributed by atoms with Gasteiger partial charge < -0.3 is 10.1 Å². The van der Waals surface area contributed by atoms with Crippen molar-refractivity contribution in [3.63, 3.8) is 0 Å². The predicted molar refractivity (Wildman–Crippen MR) is 80.7 cm³/mol. The fourth-order valence-corrected chi connectivity index (χ4v) is 3.27. The van der Waals surface area contributed by atoms with E-state index in [-0.39, 0.29) is 0 Å². The number of methoxy groups -OCH3 is 1. The average molecular weight is 261 g/mol. The Labute approximate surface area is 117 Å². The Bertz CT molecular complexity index is 410. The largest absolute Gasteiger partial charge is 0.496 e. The van der Waals surface area contributed by atoms with Crippen LogP contribution in [0.5, 0.6) is 5.75 Å². The van der Waals surface area contributed by atoms with Crippen molar-refractivity contribution in [2.45, 2.75) is 58.5 Å². The molecule has 2 nitrogen and oxygen atoms in total. The number of rotatable bonds is 5. The van der Waals surface area contributed by atoms with Gasteiger partial charge in [0.1, 0.15) is 5.75 Å². The normalized spacial score (nSPS) is 19.4. The first kappa shape index (κ1) is 14.4. The molecule has 19 heavy (non-hydrogen) atoms. The average Bonchev–Trinajstić information content (AvgIpc) is 2.92. The molecule has 0 aliphatic heterocycles. The van der Waals surface area contributed by atoms with Gasteiger partial charge in [0.05, 0.1) is 7.11 Å². The summed E-state index contributed by atoms with van der Waals surface area (Å²) in [5, 5.41) is 3.76. The van der Waals surface area contributed by atoms with Crippen molar-refractivity contribution in [2.75, 3.05) is 7.11 Å². The summed E-state index contributed by atoms with van der Waals surface area (Å²) in [6.07, 6.45) is 5.56. The molecular formula is C17H27NO. The standard InChI is InChI=1S/C17H27NO/c1-12-9-10-17(19-4)16(11-12)14(3)18-13(2)15-7-5-6-8-15/h9-11,13-15,18H,5-8H2,1-4H3. The van der Waals surface area contributed by atoms with E-state index in [9.17, 15) is 0 Å². The smallest absolute Gasteiger partial charge is 0.123 e. The maximum absolute atomic E-state index is 5.49. The molecule has 0 spiro atoms. The molecule has 0 amide bonds. The Morgan fingerprint density at radius 3 is 2.53 bits per heavy atom. The van der Waals surface area contributed by atoms with Crippen LogP contribution in [0.4, 0.5) is 0 Å². The van der Waals surface area contributed by atoms with Crippen LogP contribution in [0.1, 0.15) is 56.7 Å². The van der Waals surface area contributed by atoms with Crippen molar-refractivity contribution in [2.24, 2.45) is 5.92 Å². The molecular weight excluding hydrogens is 234 g/mol. The van der Waals surface area contributed by atoms with Crippen molar-refractivity contribution < 1.29 is 4.74 Å². The van der Waals surface area contributed by atoms with Gasteiger partial charge in [0.15, 0.2) is 0 Å². The van der Waals surface area contributed by atoms with Crippen molar-refractivity contribution in [1.82, 2.24) is 5.32 Å². The molecule has 1 fully saturated rings. The Balaban J connectivity index is 2.06. The minimum Gasteiger partial charge on any atom is -0.496 e. The molecule has 1 aliphatic carbocycles. The van der Waals surface area contributed by atoms with E-state index in [1.807, 2.05) is 0 Å². The Morgan fingerprint density at radius 1 is 1.21 bits per heavy atom. The number of benzene rings is 1. The van der Waals surface area contributed by atoms with E-state index in [1.165, 1.54) is 36.8 Å². The molecule has 0 saturated heterocycles. The fourth-order valence-electron chi connectivity index (χ4n) is 3.27. The molecule has 1 N–H and O–H groups in total. The van der Waals surface area contributed by atoms with Gasteiger partial charge in [0.2, 0.25) is 0 Å². The Morgan fingerprint density at radius 2 is 1.89 bits per heavy atom. The van der Waals surface area contributed by atoms with Crippen LogP contribution in [0.25, 0.3) is 0 Å². The number of hydrogen-bond acceptors (Lipinski definition) is 2. The zero-order valence-electron chi connectivity index (χ0n) is 12.7. The van der Waals surface area contributed by atoms with Gasteiger partial charge in [-0.1, -0.05) is 30.5 Å². The monoisotopic (exact) mass is 261 g/mol. The van der Waals surface area contributed by atoms with Gasteiger partial charge in [0.25, 0.3) is 0 Å². The van der Waals surface area contributed by atoms with Crippen molar-refractivity contribution in [3.05, 3.63) is 29.3 Å². The maximum atomic E-state index is 5.49. The van der Waals surface area contributed by atoms with Gasteiger partial charge in [-0.2, -0.15) is 0 Å². The number of ether oxygens (including phenoxy) is 1. The zero-order valence-corrected chi connectivity index (χ0v) is 12.7. The summed E-state index contributed by atoms with van der Waals surface area (Å²) in [6, 6.07) is 7.34. The predicted octanol–water partition coefficient (Wildman–Crippen LogP) is 4.23. The minimum absolute atomic E-state index is 0.338. The van der Waals surface area contributed by atoms with Crippen molar-refractivity contribution in [3.8, 4) is 5.75 Å². The Kier molecular flexibility index (Phi) is 4.87. The molecule has 1 aromatic carbocycles. The highest BCUT2D eigenvalue weighted by Gasteiger charge is 2.23. The number of nitrogens with one attached hydrogen (secondary N) is 1. The first-order valence-corrected chi connectivity index (χ1v) is 7.52. The van der Waals surface area contributed by atoms with E-state index in [1.54, 1.807) is 7.11 Å². The maximum Gasteiger partial charge on any atom is 0.123 e. The third-order valence-electron chi connectivity index (χ3n) is 4.47. The number of aryl methyl sites for hydroxylation is 1. The second-order valence-corrected chi connectivity index (χ2v) is 5.97. The summed E-state index contributed by atoms with van der Waals surface area (Å²) < 4.78 is 5.49. The molecule has 1 aromatic rings.